The number of hydrogen-bond donors (Lipinski definition) is 1. The lowest BCUT2D eigenvalue weighted by Gasteiger charge is -2.25. The fraction of sp³-hybridized carbons (Fsp3) is 0.192. The van der Waals surface area contributed by atoms with E-state index in [1.165, 1.54) is 5.56 Å². The SMILES string of the molecule is Cc1ccccc1COc1ccccc1[C@@H]1CC(=O)Nc2c1cnn2-c1ccc2nnc(C)n2n1. The molecule has 0 fully saturated rings. The predicted molar refractivity (Wildman–Crippen MR) is 130 cm³/mol. The molecule has 9 nitrogen and oxygen atoms in total. The number of aromatic nitrogens is 6. The first-order valence-corrected chi connectivity index (χ1v) is 11.4. The van der Waals surface area contributed by atoms with Crippen LogP contribution in [0.4, 0.5) is 5.82 Å². The average Bonchev–Trinajstić information content (AvgIpc) is 3.46. The van der Waals surface area contributed by atoms with Gasteiger partial charge in [-0.2, -0.15) is 14.3 Å². The van der Waals surface area contributed by atoms with Gasteiger partial charge in [-0.25, -0.2) is 0 Å². The van der Waals surface area contributed by atoms with E-state index in [1.54, 1.807) is 15.4 Å². The number of anilines is 1. The molecule has 0 saturated carbocycles. The number of aryl methyl sites for hydroxylation is 2. The van der Waals surface area contributed by atoms with E-state index in [0.29, 0.717) is 36.1 Å². The van der Waals surface area contributed by atoms with Crippen LogP contribution < -0.4 is 10.1 Å². The minimum absolute atomic E-state index is 0.0838. The van der Waals surface area contributed by atoms with Crippen molar-refractivity contribution >= 4 is 17.4 Å². The van der Waals surface area contributed by atoms with E-state index in [4.69, 9.17) is 4.74 Å². The van der Waals surface area contributed by atoms with E-state index in [-0.39, 0.29) is 11.8 Å². The summed E-state index contributed by atoms with van der Waals surface area (Å²) in [6.45, 7) is 4.36. The maximum absolute atomic E-state index is 12.8. The number of benzene rings is 2. The monoisotopic (exact) mass is 465 g/mol. The number of carbonyl (C=O) groups is 1. The van der Waals surface area contributed by atoms with Crippen LogP contribution in [0.5, 0.6) is 5.75 Å². The molecule has 6 rings (SSSR count). The smallest absolute Gasteiger partial charge is 0.226 e. The number of fused-ring (bicyclic) bond motifs is 2. The molecule has 1 atom stereocenters. The molecule has 3 aromatic heterocycles. The highest BCUT2D eigenvalue weighted by atomic mass is 16.5. The molecule has 5 aromatic rings. The van der Waals surface area contributed by atoms with E-state index < -0.39 is 0 Å². The van der Waals surface area contributed by atoms with Crippen LogP contribution in [0.3, 0.4) is 0 Å². The standard InChI is InChI=1S/C26H23N7O2/c1-16-7-3-4-8-18(16)15-35-22-10-6-5-9-19(22)20-13-25(34)28-26-21(20)14-27-33(26)24-12-11-23-30-29-17(2)32(23)31-24/h3-12,14,20H,13,15H2,1-2H3,(H,28,34)/t20-/m0/s1. The topological polar surface area (TPSA) is 99.2 Å². The van der Waals surface area contributed by atoms with Crippen molar-refractivity contribution in [3.8, 4) is 11.6 Å². The van der Waals surface area contributed by atoms with Crippen molar-refractivity contribution in [3.63, 3.8) is 0 Å². The number of carbonyl (C=O) groups excluding carboxylic acids is 1. The van der Waals surface area contributed by atoms with Crippen LogP contribution in [0.1, 0.15) is 40.4 Å². The molecular weight excluding hydrogens is 442 g/mol. The first-order chi connectivity index (χ1) is 17.1. The number of ether oxygens (including phenoxy) is 1. The summed E-state index contributed by atoms with van der Waals surface area (Å²) in [5, 5.41) is 20.3. The maximum atomic E-state index is 12.8. The van der Waals surface area contributed by atoms with Crippen molar-refractivity contribution in [3.05, 3.63) is 94.9 Å². The van der Waals surface area contributed by atoms with Crippen molar-refractivity contribution in [2.45, 2.75) is 32.8 Å². The number of amides is 1. The molecule has 0 saturated heterocycles. The third-order valence-corrected chi connectivity index (χ3v) is 6.38. The molecule has 1 amide bonds. The van der Waals surface area contributed by atoms with Crippen molar-refractivity contribution in [2.24, 2.45) is 0 Å². The minimum Gasteiger partial charge on any atom is -0.489 e. The van der Waals surface area contributed by atoms with Gasteiger partial charge in [0.2, 0.25) is 5.91 Å². The van der Waals surface area contributed by atoms with Crippen LogP contribution in [0.2, 0.25) is 0 Å². The summed E-state index contributed by atoms with van der Waals surface area (Å²) < 4.78 is 9.56. The second-order valence-corrected chi connectivity index (χ2v) is 8.63. The minimum atomic E-state index is -0.194. The molecular formula is C26H23N7O2. The van der Waals surface area contributed by atoms with Gasteiger partial charge in [-0.15, -0.1) is 15.3 Å². The maximum Gasteiger partial charge on any atom is 0.226 e. The van der Waals surface area contributed by atoms with E-state index in [0.717, 1.165) is 22.4 Å². The molecule has 0 bridgehead atoms. The Morgan fingerprint density at radius 2 is 1.83 bits per heavy atom. The number of nitrogens with one attached hydrogen (secondary N) is 1. The highest BCUT2D eigenvalue weighted by molar-refractivity contribution is 5.94. The largest absolute Gasteiger partial charge is 0.489 e. The number of rotatable bonds is 5. The lowest BCUT2D eigenvalue weighted by Crippen LogP contribution is -2.25. The lowest BCUT2D eigenvalue weighted by molar-refractivity contribution is -0.116. The first-order valence-electron chi connectivity index (χ1n) is 11.4. The fourth-order valence-electron chi connectivity index (χ4n) is 4.50. The molecule has 2 aromatic carbocycles. The van der Waals surface area contributed by atoms with Gasteiger partial charge in [-0.05, 0) is 43.2 Å². The molecule has 174 valence electrons. The number of para-hydroxylation sites is 1. The highest BCUT2D eigenvalue weighted by Gasteiger charge is 2.32. The molecule has 0 aliphatic carbocycles. The molecule has 0 spiro atoms. The van der Waals surface area contributed by atoms with Crippen LogP contribution in [0.25, 0.3) is 11.5 Å². The summed E-state index contributed by atoms with van der Waals surface area (Å²) >= 11 is 0. The van der Waals surface area contributed by atoms with E-state index >= 15 is 0 Å². The molecule has 4 heterocycles. The summed E-state index contributed by atoms with van der Waals surface area (Å²) in [5.41, 5.74) is 4.82. The van der Waals surface area contributed by atoms with Gasteiger partial charge in [0.15, 0.2) is 17.3 Å². The van der Waals surface area contributed by atoms with Gasteiger partial charge in [0.25, 0.3) is 0 Å². The van der Waals surface area contributed by atoms with Gasteiger partial charge in [-0.1, -0.05) is 42.5 Å². The summed E-state index contributed by atoms with van der Waals surface area (Å²) in [7, 11) is 0. The molecule has 0 radical (unpaired) electrons. The van der Waals surface area contributed by atoms with E-state index in [1.807, 2.05) is 55.5 Å². The molecule has 1 aliphatic rings. The average molecular weight is 466 g/mol. The van der Waals surface area contributed by atoms with Gasteiger partial charge < -0.3 is 10.1 Å². The van der Waals surface area contributed by atoms with Gasteiger partial charge in [0.05, 0.1) is 6.20 Å². The predicted octanol–water partition coefficient (Wildman–Crippen LogP) is 3.98. The van der Waals surface area contributed by atoms with Gasteiger partial charge in [0.1, 0.15) is 18.2 Å². The molecule has 0 unspecified atom stereocenters. The Bertz CT molecular complexity index is 1570. The molecule has 9 heteroatoms. The Labute approximate surface area is 201 Å². The zero-order valence-electron chi connectivity index (χ0n) is 19.3. The Balaban J connectivity index is 1.37. The lowest BCUT2D eigenvalue weighted by atomic mass is 9.87. The zero-order valence-corrected chi connectivity index (χ0v) is 19.3. The highest BCUT2D eigenvalue weighted by Crippen LogP contribution is 2.41. The quantitative estimate of drug-likeness (QED) is 0.422. The first kappa shape index (κ1) is 21.0. The number of nitrogens with zero attached hydrogens (tertiary/aromatic N) is 6. The van der Waals surface area contributed by atoms with E-state index in [2.05, 4.69) is 44.8 Å². The van der Waals surface area contributed by atoms with E-state index in [9.17, 15) is 4.79 Å². The Kier molecular flexibility index (Phi) is 5.02. The third-order valence-electron chi connectivity index (χ3n) is 6.38. The Morgan fingerprint density at radius 3 is 2.71 bits per heavy atom. The van der Waals surface area contributed by atoms with Crippen LogP contribution in [0, 0.1) is 13.8 Å². The number of hydrogen-bond acceptors (Lipinski definition) is 6. The van der Waals surface area contributed by atoms with Crippen molar-refractivity contribution in [1.82, 2.24) is 29.6 Å². The van der Waals surface area contributed by atoms with Gasteiger partial charge in [-0.3, -0.25) is 4.79 Å². The third kappa shape index (κ3) is 3.71. The fourth-order valence-corrected chi connectivity index (χ4v) is 4.50. The summed E-state index contributed by atoms with van der Waals surface area (Å²) in [6, 6.07) is 19.7. The summed E-state index contributed by atoms with van der Waals surface area (Å²) in [5.74, 6) is 2.32. The van der Waals surface area contributed by atoms with Gasteiger partial charge >= 0.3 is 0 Å². The van der Waals surface area contributed by atoms with Crippen LogP contribution >= 0.6 is 0 Å². The molecule has 35 heavy (non-hydrogen) atoms. The Morgan fingerprint density at radius 1 is 1.00 bits per heavy atom. The van der Waals surface area contributed by atoms with Crippen LogP contribution in [0.15, 0.2) is 66.9 Å². The normalized spacial score (nSPS) is 15.1. The Hall–Kier alpha value is -4.53. The second kappa shape index (κ2) is 8.35. The van der Waals surface area contributed by atoms with Crippen molar-refractivity contribution in [1.29, 1.82) is 0 Å². The van der Waals surface area contributed by atoms with Crippen molar-refractivity contribution < 1.29 is 9.53 Å². The molecule has 1 N–H and O–H groups in total. The van der Waals surface area contributed by atoms with Crippen LogP contribution in [-0.4, -0.2) is 35.5 Å². The summed E-state index contributed by atoms with van der Waals surface area (Å²) in [4.78, 5) is 12.8. The van der Waals surface area contributed by atoms with Crippen LogP contribution in [-0.2, 0) is 11.4 Å². The van der Waals surface area contributed by atoms with Crippen molar-refractivity contribution in [2.75, 3.05) is 5.32 Å². The molecule has 1 aliphatic heterocycles. The summed E-state index contributed by atoms with van der Waals surface area (Å²) in [6.07, 6.45) is 2.10. The zero-order chi connectivity index (χ0) is 23.9. The van der Waals surface area contributed by atoms with Gasteiger partial charge in [0, 0.05) is 23.5 Å². The second-order valence-electron chi connectivity index (χ2n) is 8.63.